The highest BCUT2D eigenvalue weighted by molar-refractivity contribution is 5.92. The van der Waals surface area contributed by atoms with Gasteiger partial charge in [0.2, 0.25) is 0 Å². The highest BCUT2D eigenvalue weighted by Crippen LogP contribution is 2.11. The molecule has 0 spiro atoms. The Morgan fingerprint density at radius 1 is 1.59 bits per heavy atom. The van der Waals surface area contributed by atoms with Gasteiger partial charge in [-0.1, -0.05) is 6.92 Å². The summed E-state index contributed by atoms with van der Waals surface area (Å²) in [6, 6.07) is 0. The number of carbonyl (C=O) groups is 1. The Kier molecular flexibility index (Phi) is 4.96. The fraction of sp³-hybridized carbons (Fsp3) is 0.636. The fourth-order valence-electron chi connectivity index (χ4n) is 1.36. The lowest BCUT2D eigenvalue weighted by Gasteiger charge is -2.14. The number of nitrogens with two attached hydrogens (primary N) is 1. The maximum absolute atomic E-state index is 11.5. The Hall–Kier alpha value is -1.56. The van der Waals surface area contributed by atoms with Crippen LogP contribution in [0.2, 0.25) is 0 Å². The van der Waals surface area contributed by atoms with E-state index in [0.29, 0.717) is 19.0 Å². The summed E-state index contributed by atoms with van der Waals surface area (Å²) in [5, 5.41) is 0. The van der Waals surface area contributed by atoms with E-state index in [0.717, 1.165) is 13.1 Å². The van der Waals surface area contributed by atoms with Crippen LogP contribution in [0.4, 0.5) is 5.82 Å². The van der Waals surface area contributed by atoms with Crippen LogP contribution in [0, 0.1) is 0 Å². The molecule has 0 amide bonds. The SMILES string of the molecule is CCOC(=O)c1ncn(CCN(C)CC)c1N. The first-order valence-corrected chi connectivity index (χ1v) is 5.76. The number of nitrogen functional groups attached to an aromatic ring is 1. The molecule has 6 heteroatoms. The Labute approximate surface area is 101 Å². The third-order valence-corrected chi connectivity index (χ3v) is 2.61. The van der Waals surface area contributed by atoms with Gasteiger partial charge in [0.05, 0.1) is 12.9 Å². The van der Waals surface area contributed by atoms with Gasteiger partial charge in [0.15, 0.2) is 5.69 Å². The highest BCUT2D eigenvalue weighted by atomic mass is 16.5. The van der Waals surface area contributed by atoms with Crippen LogP contribution in [-0.4, -0.2) is 47.2 Å². The Bertz CT molecular complexity index is 376. The van der Waals surface area contributed by atoms with E-state index in [1.54, 1.807) is 17.8 Å². The number of hydrogen-bond donors (Lipinski definition) is 1. The average Bonchev–Trinajstić information content (AvgIpc) is 2.68. The summed E-state index contributed by atoms with van der Waals surface area (Å²) in [5.41, 5.74) is 6.04. The summed E-state index contributed by atoms with van der Waals surface area (Å²) in [6.45, 7) is 6.70. The minimum atomic E-state index is -0.465. The summed E-state index contributed by atoms with van der Waals surface area (Å²) < 4.78 is 6.63. The Morgan fingerprint density at radius 3 is 2.88 bits per heavy atom. The molecule has 2 N–H and O–H groups in total. The maximum Gasteiger partial charge on any atom is 0.360 e. The number of aromatic nitrogens is 2. The van der Waals surface area contributed by atoms with Gasteiger partial charge in [0.1, 0.15) is 5.82 Å². The van der Waals surface area contributed by atoms with Crippen LogP contribution >= 0.6 is 0 Å². The van der Waals surface area contributed by atoms with E-state index in [4.69, 9.17) is 10.5 Å². The third-order valence-electron chi connectivity index (χ3n) is 2.61. The number of rotatable bonds is 6. The van der Waals surface area contributed by atoms with Crippen LogP contribution in [0.1, 0.15) is 24.3 Å². The van der Waals surface area contributed by atoms with E-state index in [9.17, 15) is 4.79 Å². The molecular formula is C11H20N4O2. The highest BCUT2D eigenvalue weighted by Gasteiger charge is 2.16. The second-order valence-corrected chi connectivity index (χ2v) is 3.79. The van der Waals surface area contributed by atoms with Crippen molar-refractivity contribution in [1.29, 1.82) is 0 Å². The second-order valence-electron chi connectivity index (χ2n) is 3.79. The first-order chi connectivity index (χ1) is 8.10. The van der Waals surface area contributed by atoms with Gasteiger partial charge in [-0.05, 0) is 20.5 Å². The molecule has 96 valence electrons. The normalized spacial score (nSPS) is 10.8. The third kappa shape index (κ3) is 3.45. The number of carbonyl (C=O) groups excluding carboxylic acids is 1. The Balaban J connectivity index is 2.67. The molecular weight excluding hydrogens is 220 g/mol. The monoisotopic (exact) mass is 240 g/mol. The van der Waals surface area contributed by atoms with Gasteiger partial charge in [-0.3, -0.25) is 0 Å². The number of likely N-dealkylation sites (N-methyl/N-ethyl adjacent to an activating group) is 1. The van der Waals surface area contributed by atoms with E-state index >= 15 is 0 Å². The average molecular weight is 240 g/mol. The molecule has 0 unspecified atom stereocenters. The number of imidazole rings is 1. The van der Waals surface area contributed by atoms with Crippen LogP contribution in [-0.2, 0) is 11.3 Å². The molecule has 0 aliphatic rings. The topological polar surface area (TPSA) is 73.4 Å². The minimum Gasteiger partial charge on any atom is -0.461 e. The Morgan fingerprint density at radius 2 is 2.29 bits per heavy atom. The molecule has 1 aromatic heterocycles. The summed E-state index contributed by atoms with van der Waals surface area (Å²) >= 11 is 0. The molecule has 0 bridgehead atoms. The zero-order valence-electron chi connectivity index (χ0n) is 10.6. The van der Waals surface area contributed by atoms with Gasteiger partial charge in [0.25, 0.3) is 0 Å². The van der Waals surface area contributed by atoms with E-state index in [1.807, 2.05) is 7.05 Å². The molecule has 0 saturated carbocycles. The van der Waals surface area contributed by atoms with Gasteiger partial charge in [0, 0.05) is 13.1 Å². The predicted octanol–water partition coefficient (Wildman–Crippen LogP) is 0.594. The minimum absolute atomic E-state index is 0.200. The van der Waals surface area contributed by atoms with Crippen molar-refractivity contribution in [3.05, 3.63) is 12.0 Å². The molecule has 0 atom stereocenters. The predicted molar refractivity (Wildman–Crippen MR) is 65.8 cm³/mol. The van der Waals surface area contributed by atoms with Crippen molar-refractivity contribution in [2.75, 3.05) is 32.5 Å². The van der Waals surface area contributed by atoms with Gasteiger partial charge < -0.3 is 19.9 Å². The van der Waals surface area contributed by atoms with Crippen molar-refractivity contribution >= 4 is 11.8 Å². The van der Waals surface area contributed by atoms with E-state index in [1.165, 1.54) is 0 Å². The van der Waals surface area contributed by atoms with Crippen LogP contribution in [0.3, 0.4) is 0 Å². The summed E-state index contributed by atoms with van der Waals surface area (Å²) in [7, 11) is 2.03. The van der Waals surface area contributed by atoms with Crippen LogP contribution < -0.4 is 5.73 Å². The van der Waals surface area contributed by atoms with Crippen molar-refractivity contribution in [3.63, 3.8) is 0 Å². The molecule has 17 heavy (non-hydrogen) atoms. The van der Waals surface area contributed by atoms with Gasteiger partial charge in [-0.25, -0.2) is 9.78 Å². The summed E-state index contributed by atoms with van der Waals surface area (Å²) in [4.78, 5) is 17.6. The quantitative estimate of drug-likeness (QED) is 0.737. The zero-order valence-corrected chi connectivity index (χ0v) is 10.6. The smallest absolute Gasteiger partial charge is 0.360 e. The molecule has 0 aliphatic heterocycles. The fourth-order valence-corrected chi connectivity index (χ4v) is 1.36. The molecule has 0 aromatic carbocycles. The number of anilines is 1. The number of esters is 1. The summed E-state index contributed by atoms with van der Waals surface area (Å²) in [5.74, 6) is -0.0967. The van der Waals surface area contributed by atoms with Gasteiger partial charge in [-0.15, -0.1) is 0 Å². The first kappa shape index (κ1) is 13.5. The number of nitrogens with zero attached hydrogens (tertiary/aromatic N) is 3. The van der Waals surface area contributed by atoms with Crippen LogP contribution in [0.5, 0.6) is 0 Å². The lowest BCUT2D eigenvalue weighted by atomic mass is 10.4. The van der Waals surface area contributed by atoms with Crippen molar-refractivity contribution in [2.45, 2.75) is 20.4 Å². The summed E-state index contributed by atoms with van der Waals surface area (Å²) in [6.07, 6.45) is 1.57. The molecule has 1 rings (SSSR count). The first-order valence-electron chi connectivity index (χ1n) is 5.76. The zero-order chi connectivity index (χ0) is 12.8. The van der Waals surface area contributed by atoms with Crippen molar-refractivity contribution in [2.24, 2.45) is 0 Å². The molecule has 0 saturated heterocycles. The van der Waals surface area contributed by atoms with E-state index in [-0.39, 0.29) is 5.69 Å². The van der Waals surface area contributed by atoms with Crippen molar-refractivity contribution in [1.82, 2.24) is 14.5 Å². The van der Waals surface area contributed by atoms with Crippen molar-refractivity contribution < 1.29 is 9.53 Å². The molecule has 0 aliphatic carbocycles. The molecule has 6 nitrogen and oxygen atoms in total. The van der Waals surface area contributed by atoms with Crippen LogP contribution in [0.15, 0.2) is 6.33 Å². The molecule has 1 aromatic rings. The van der Waals surface area contributed by atoms with Gasteiger partial charge in [-0.2, -0.15) is 0 Å². The molecule has 0 fully saturated rings. The standard InChI is InChI=1S/C11H20N4O2/c1-4-14(3)6-7-15-8-13-9(10(15)12)11(16)17-5-2/h8H,4-7,12H2,1-3H3. The van der Waals surface area contributed by atoms with E-state index in [2.05, 4.69) is 16.8 Å². The van der Waals surface area contributed by atoms with Crippen LogP contribution in [0.25, 0.3) is 0 Å². The van der Waals surface area contributed by atoms with E-state index < -0.39 is 5.97 Å². The largest absolute Gasteiger partial charge is 0.461 e. The number of hydrogen-bond acceptors (Lipinski definition) is 5. The second kappa shape index (κ2) is 6.24. The molecule has 1 heterocycles. The maximum atomic E-state index is 11.5. The number of ether oxygens (including phenoxy) is 1. The lowest BCUT2D eigenvalue weighted by molar-refractivity contribution is 0.0521. The lowest BCUT2D eigenvalue weighted by Crippen LogP contribution is -2.23. The molecule has 0 radical (unpaired) electrons. The van der Waals surface area contributed by atoms with Crippen molar-refractivity contribution in [3.8, 4) is 0 Å². The van der Waals surface area contributed by atoms with Gasteiger partial charge >= 0.3 is 5.97 Å².